The Balaban J connectivity index is 1.78. The highest BCUT2D eigenvalue weighted by atomic mass is 32.2. The van der Waals surface area contributed by atoms with E-state index in [-0.39, 0.29) is 5.78 Å². The van der Waals surface area contributed by atoms with Gasteiger partial charge < -0.3 is 18.6 Å². The van der Waals surface area contributed by atoms with Crippen LogP contribution in [0.1, 0.15) is 21.7 Å². The SMILES string of the molecule is COCCn1c(C)cc(C(=O)CSc2nc3ccccc3n2CCOC)c1C. The highest BCUT2D eigenvalue weighted by Gasteiger charge is 2.18. The predicted octanol–water partition coefficient (Wildman–Crippen LogP) is 3.72. The number of para-hydroxylation sites is 2. The third kappa shape index (κ3) is 4.32. The van der Waals surface area contributed by atoms with E-state index in [4.69, 9.17) is 14.5 Å². The van der Waals surface area contributed by atoms with E-state index >= 15 is 0 Å². The molecule has 28 heavy (non-hydrogen) atoms. The number of hydrogen-bond acceptors (Lipinski definition) is 5. The molecule has 6 nitrogen and oxygen atoms in total. The molecule has 3 aromatic rings. The Hall–Kier alpha value is -2.09. The van der Waals surface area contributed by atoms with Crippen molar-refractivity contribution in [2.75, 3.05) is 33.2 Å². The summed E-state index contributed by atoms with van der Waals surface area (Å²) >= 11 is 1.48. The maximum Gasteiger partial charge on any atom is 0.175 e. The Morgan fingerprint density at radius 1 is 1.07 bits per heavy atom. The lowest BCUT2D eigenvalue weighted by Crippen LogP contribution is -2.10. The average molecular weight is 402 g/mol. The fourth-order valence-electron chi connectivity index (χ4n) is 3.38. The van der Waals surface area contributed by atoms with Crippen LogP contribution < -0.4 is 0 Å². The van der Waals surface area contributed by atoms with Crippen LogP contribution >= 0.6 is 11.8 Å². The van der Waals surface area contributed by atoms with E-state index in [1.54, 1.807) is 14.2 Å². The zero-order valence-electron chi connectivity index (χ0n) is 16.9. The summed E-state index contributed by atoms with van der Waals surface area (Å²) in [6, 6.07) is 10.00. The van der Waals surface area contributed by atoms with Crippen molar-refractivity contribution in [1.82, 2.24) is 14.1 Å². The molecule has 0 N–H and O–H groups in total. The number of nitrogens with zero attached hydrogens (tertiary/aromatic N) is 3. The molecule has 7 heteroatoms. The molecule has 0 bridgehead atoms. The minimum atomic E-state index is 0.118. The lowest BCUT2D eigenvalue weighted by atomic mass is 10.2. The van der Waals surface area contributed by atoms with Crippen LogP contribution in [0.4, 0.5) is 0 Å². The number of carbonyl (C=O) groups is 1. The van der Waals surface area contributed by atoms with E-state index in [0.29, 0.717) is 25.5 Å². The van der Waals surface area contributed by atoms with Gasteiger partial charge in [0, 0.05) is 44.3 Å². The van der Waals surface area contributed by atoms with Gasteiger partial charge in [0.2, 0.25) is 0 Å². The second kappa shape index (κ2) is 9.41. The molecular formula is C21H27N3O3S. The molecule has 0 atom stereocenters. The summed E-state index contributed by atoms with van der Waals surface area (Å²) in [7, 11) is 3.38. The quantitative estimate of drug-likeness (QED) is 0.383. The smallest absolute Gasteiger partial charge is 0.175 e. The van der Waals surface area contributed by atoms with E-state index in [2.05, 4.69) is 9.13 Å². The summed E-state index contributed by atoms with van der Waals surface area (Å²) in [5.74, 6) is 0.470. The Bertz CT molecular complexity index is 961. The molecule has 0 amide bonds. The molecule has 2 heterocycles. The second-order valence-corrected chi connectivity index (χ2v) is 7.61. The van der Waals surface area contributed by atoms with Crippen LogP contribution in [0.15, 0.2) is 35.5 Å². The summed E-state index contributed by atoms with van der Waals surface area (Å²) in [4.78, 5) is 17.6. The van der Waals surface area contributed by atoms with Gasteiger partial charge in [-0.2, -0.15) is 0 Å². The molecule has 0 radical (unpaired) electrons. The van der Waals surface area contributed by atoms with Gasteiger partial charge >= 0.3 is 0 Å². The first-order chi connectivity index (χ1) is 13.6. The van der Waals surface area contributed by atoms with Crippen LogP contribution in [0.25, 0.3) is 11.0 Å². The van der Waals surface area contributed by atoms with Crippen molar-refractivity contribution >= 4 is 28.6 Å². The number of imidazole rings is 1. The number of thioether (sulfide) groups is 1. The standard InChI is InChI=1S/C21H27N3O3S/c1-15-13-17(16(2)23(15)9-11-26-3)20(25)14-28-21-22-18-7-5-6-8-19(18)24(21)10-12-27-4/h5-8,13H,9-12,14H2,1-4H3. The van der Waals surface area contributed by atoms with Crippen molar-refractivity contribution in [3.63, 3.8) is 0 Å². The summed E-state index contributed by atoms with van der Waals surface area (Å²) in [5.41, 5.74) is 4.85. The Morgan fingerprint density at radius 3 is 2.46 bits per heavy atom. The van der Waals surface area contributed by atoms with Crippen molar-refractivity contribution < 1.29 is 14.3 Å². The first-order valence-corrected chi connectivity index (χ1v) is 10.3. The zero-order valence-corrected chi connectivity index (χ0v) is 17.7. The Morgan fingerprint density at radius 2 is 1.75 bits per heavy atom. The number of hydrogen-bond donors (Lipinski definition) is 0. The minimum absolute atomic E-state index is 0.118. The first kappa shape index (κ1) is 20.6. The van der Waals surface area contributed by atoms with Crippen molar-refractivity contribution in [2.45, 2.75) is 32.1 Å². The van der Waals surface area contributed by atoms with E-state index in [0.717, 1.165) is 39.7 Å². The Labute approximate surface area is 169 Å². The predicted molar refractivity (Wildman–Crippen MR) is 112 cm³/mol. The summed E-state index contributed by atoms with van der Waals surface area (Å²) in [6.45, 7) is 6.70. The fourth-order valence-corrected chi connectivity index (χ4v) is 4.30. The molecule has 0 saturated heterocycles. The molecule has 2 aromatic heterocycles. The van der Waals surface area contributed by atoms with E-state index in [1.165, 1.54) is 11.8 Å². The highest BCUT2D eigenvalue weighted by Crippen LogP contribution is 2.26. The monoisotopic (exact) mass is 401 g/mol. The second-order valence-electron chi connectivity index (χ2n) is 6.67. The van der Waals surface area contributed by atoms with Crippen molar-refractivity contribution in [1.29, 1.82) is 0 Å². The molecule has 0 unspecified atom stereocenters. The van der Waals surface area contributed by atoms with E-state index in [1.807, 2.05) is 44.2 Å². The van der Waals surface area contributed by atoms with Gasteiger partial charge in [0.05, 0.1) is 30.0 Å². The van der Waals surface area contributed by atoms with Crippen LogP contribution in [0.2, 0.25) is 0 Å². The zero-order chi connectivity index (χ0) is 20.1. The molecule has 150 valence electrons. The minimum Gasteiger partial charge on any atom is -0.383 e. The van der Waals surface area contributed by atoms with Gasteiger partial charge in [0.25, 0.3) is 0 Å². The lowest BCUT2D eigenvalue weighted by Gasteiger charge is -2.09. The summed E-state index contributed by atoms with van der Waals surface area (Å²) in [6.07, 6.45) is 0. The van der Waals surface area contributed by atoms with E-state index in [9.17, 15) is 4.79 Å². The number of ketones is 1. The highest BCUT2D eigenvalue weighted by molar-refractivity contribution is 7.99. The fraction of sp³-hybridized carbons (Fsp3) is 0.429. The molecule has 0 aliphatic carbocycles. The molecule has 0 saturated carbocycles. The van der Waals surface area contributed by atoms with E-state index < -0.39 is 0 Å². The van der Waals surface area contributed by atoms with Crippen LogP contribution in [0.5, 0.6) is 0 Å². The first-order valence-electron chi connectivity index (χ1n) is 9.32. The summed E-state index contributed by atoms with van der Waals surface area (Å²) < 4.78 is 14.7. The number of rotatable bonds is 10. The normalized spacial score (nSPS) is 11.4. The van der Waals surface area contributed by atoms with Crippen molar-refractivity contribution in [3.05, 3.63) is 47.3 Å². The van der Waals surface area contributed by atoms with Crippen LogP contribution in [0.3, 0.4) is 0 Å². The number of ether oxygens (including phenoxy) is 2. The van der Waals surface area contributed by atoms with Gasteiger partial charge in [-0.3, -0.25) is 4.79 Å². The molecule has 0 spiro atoms. The number of aryl methyl sites for hydroxylation is 1. The van der Waals surface area contributed by atoms with Gasteiger partial charge in [0.1, 0.15) is 0 Å². The maximum atomic E-state index is 12.9. The van der Waals surface area contributed by atoms with Crippen molar-refractivity contribution in [3.8, 4) is 0 Å². The average Bonchev–Trinajstić information content (AvgIpc) is 3.19. The molecular weight excluding hydrogens is 374 g/mol. The number of carbonyl (C=O) groups excluding carboxylic acids is 1. The summed E-state index contributed by atoms with van der Waals surface area (Å²) in [5, 5.41) is 0.847. The van der Waals surface area contributed by atoms with Gasteiger partial charge in [-0.15, -0.1) is 0 Å². The molecule has 0 aliphatic heterocycles. The number of aromatic nitrogens is 3. The van der Waals surface area contributed by atoms with Crippen LogP contribution in [0, 0.1) is 13.8 Å². The number of fused-ring (bicyclic) bond motifs is 1. The van der Waals surface area contributed by atoms with Gasteiger partial charge in [0.15, 0.2) is 10.9 Å². The molecule has 1 aromatic carbocycles. The molecule has 3 rings (SSSR count). The number of benzene rings is 1. The molecule has 0 aliphatic rings. The van der Waals surface area contributed by atoms with Crippen LogP contribution in [-0.4, -0.2) is 53.1 Å². The lowest BCUT2D eigenvalue weighted by molar-refractivity contribution is 0.102. The van der Waals surface area contributed by atoms with Gasteiger partial charge in [-0.1, -0.05) is 23.9 Å². The molecule has 0 fully saturated rings. The Kier molecular flexibility index (Phi) is 6.93. The third-order valence-corrected chi connectivity index (χ3v) is 5.84. The largest absolute Gasteiger partial charge is 0.383 e. The van der Waals surface area contributed by atoms with Gasteiger partial charge in [-0.05, 0) is 32.0 Å². The number of methoxy groups -OCH3 is 2. The maximum absolute atomic E-state index is 12.9. The third-order valence-electron chi connectivity index (χ3n) is 4.86. The van der Waals surface area contributed by atoms with Crippen LogP contribution in [-0.2, 0) is 22.6 Å². The topological polar surface area (TPSA) is 58.3 Å². The van der Waals surface area contributed by atoms with Crippen molar-refractivity contribution in [2.24, 2.45) is 0 Å². The number of Topliss-reactive ketones (excluding diaryl/α,β-unsaturated/α-hetero) is 1. The van der Waals surface area contributed by atoms with Gasteiger partial charge in [-0.25, -0.2) is 4.98 Å².